The van der Waals surface area contributed by atoms with E-state index in [0.29, 0.717) is 23.7 Å². The Morgan fingerprint density at radius 2 is 1.18 bits per heavy atom. The van der Waals surface area contributed by atoms with Crippen LogP contribution < -0.4 is 10.2 Å². The third-order valence-electron chi connectivity index (χ3n) is 6.91. The second-order valence-electron chi connectivity index (χ2n) is 9.79. The first-order valence-corrected chi connectivity index (χ1v) is 10.8. The van der Waals surface area contributed by atoms with Crippen molar-refractivity contribution in [1.82, 2.24) is 0 Å². The van der Waals surface area contributed by atoms with Crippen molar-refractivity contribution in [2.45, 2.75) is 78.1 Å². The van der Waals surface area contributed by atoms with Crippen molar-refractivity contribution in [3.8, 4) is 0 Å². The molecule has 0 N–H and O–H groups in total. The van der Waals surface area contributed by atoms with Gasteiger partial charge in [-0.3, -0.25) is 0 Å². The predicted molar refractivity (Wildman–Crippen MR) is 105 cm³/mol. The molecular formula is C24H32O4-2. The number of rotatable bonds is 4. The molecule has 4 atom stereocenters. The van der Waals surface area contributed by atoms with E-state index in [1.54, 1.807) is 0 Å². The molecule has 0 spiro atoms. The second-order valence-corrected chi connectivity index (χ2v) is 9.79. The van der Waals surface area contributed by atoms with E-state index >= 15 is 0 Å². The summed E-state index contributed by atoms with van der Waals surface area (Å²) in [5.41, 5.74) is 1.40. The Bertz CT molecular complexity index is 733. The lowest BCUT2D eigenvalue weighted by atomic mass is 9.67. The largest absolute Gasteiger partial charge is 0.545 e. The van der Waals surface area contributed by atoms with E-state index in [0.717, 1.165) is 43.2 Å². The van der Waals surface area contributed by atoms with Crippen molar-refractivity contribution in [2.75, 3.05) is 0 Å². The molecule has 2 saturated carbocycles. The van der Waals surface area contributed by atoms with Gasteiger partial charge in [-0.05, 0) is 85.2 Å². The molecule has 2 aliphatic carbocycles. The highest BCUT2D eigenvalue weighted by Gasteiger charge is 2.33. The molecule has 0 saturated heterocycles. The van der Waals surface area contributed by atoms with Gasteiger partial charge in [0.25, 0.3) is 0 Å². The number of hydrogen-bond donors (Lipinski definition) is 0. The van der Waals surface area contributed by atoms with E-state index in [1.807, 2.05) is 6.07 Å². The summed E-state index contributed by atoms with van der Waals surface area (Å²) in [6.07, 6.45) is 6.15. The zero-order valence-corrected chi connectivity index (χ0v) is 17.5. The zero-order chi connectivity index (χ0) is 20.6. The molecule has 4 unspecified atom stereocenters. The Kier molecular flexibility index (Phi) is 6.16. The smallest absolute Gasteiger partial charge is 0.0724 e. The molecule has 0 radical (unpaired) electrons. The Morgan fingerprint density at radius 1 is 0.714 bits per heavy atom. The quantitative estimate of drug-likeness (QED) is 0.796. The summed E-state index contributed by atoms with van der Waals surface area (Å²) in [4.78, 5) is 23.8. The van der Waals surface area contributed by atoms with Crippen LogP contribution in [0.3, 0.4) is 0 Å². The van der Waals surface area contributed by atoms with E-state index in [-0.39, 0.29) is 23.0 Å². The van der Waals surface area contributed by atoms with Gasteiger partial charge in [0, 0.05) is 11.1 Å². The molecule has 3 rings (SSSR count). The van der Waals surface area contributed by atoms with Crippen molar-refractivity contribution >= 4 is 11.9 Å². The summed E-state index contributed by atoms with van der Waals surface area (Å²) in [7, 11) is 0. The molecule has 0 bridgehead atoms. The maximum Gasteiger partial charge on any atom is 0.0724 e. The fraction of sp³-hybridized carbons (Fsp3) is 0.667. The molecule has 2 fully saturated rings. The standard InChI is InChI=1S/C24H34O4/c1-13-7-14(2)10-17(9-13)19-5-6-20(23(25)26)22(24(27)28)21(19)18-11-15(3)8-16(4)12-18/h5-6,13-18H,7-12H2,1-4H3,(H,25,26)(H,27,28)/p-2. The molecule has 0 heterocycles. The maximum absolute atomic E-state index is 12.1. The van der Waals surface area contributed by atoms with Crippen LogP contribution in [0, 0.1) is 23.7 Å². The number of benzene rings is 1. The minimum absolute atomic E-state index is 0.0634. The summed E-state index contributed by atoms with van der Waals surface area (Å²) < 4.78 is 0. The lowest BCUT2D eigenvalue weighted by Gasteiger charge is -2.38. The SMILES string of the molecule is CC1CC(C)CC(c2ccc(C(=O)[O-])c(C(=O)[O-])c2C2CC(C)CC(C)C2)C1. The van der Waals surface area contributed by atoms with Crippen LogP contribution in [0.15, 0.2) is 12.1 Å². The average molecular weight is 385 g/mol. The third-order valence-corrected chi connectivity index (χ3v) is 6.91. The lowest BCUT2D eigenvalue weighted by molar-refractivity contribution is -0.259. The summed E-state index contributed by atoms with van der Waals surface area (Å²) in [6, 6.07) is 3.30. The highest BCUT2D eigenvalue weighted by Crippen LogP contribution is 2.47. The van der Waals surface area contributed by atoms with Gasteiger partial charge in [-0.25, -0.2) is 0 Å². The number of carbonyl (C=O) groups is 2. The lowest BCUT2D eigenvalue weighted by Crippen LogP contribution is -2.34. The molecule has 1 aromatic rings. The molecule has 4 heteroatoms. The number of carboxylic acids is 2. The van der Waals surface area contributed by atoms with Crippen molar-refractivity contribution in [3.05, 3.63) is 34.4 Å². The van der Waals surface area contributed by atoms with E-state index in [4.69, 9.17) is 0 Å². The molecule has 2 aliphatic rings. The van der Waals surface area contributed by atoms with E-state index in [2.05, 4.69) is 27.7 Å². The minimum Gasteiger partial charge on any atom is -0.545 e. The van der Waals surface area contributed by atoms with Gasteiger partial charge in [0.15, 0.2) is 0 Å². The Labute approximate surface area is 168 Å². The fourth-order valence-electron chi connectivity index (χ4n) is 6.21. The van der Waals surface area contributed by atoms with E-state index < -0.39 is 11.9 Å². The normalized spacial score (nSPS) is 33.4. The van der Waals surface area contributed by atoms with Crippen LogP contribution in [0.2, 0.25) is 0 Å². The van der Waals surface area contributed by atoms with Gasteiger partial charge in [0.2, 0.25) is 0 Å². The number of carboxylic acid groups (broad SMARTS) is 2. The summed E-state index contributed by atoms with van der Waals surface area (Å²) in [5, 5.41) is 23.8. The summed E-state index contributed by atoms with van der Waals surface area (Å²) in [6.45, 7) is 8.91. The molecule has 28 heavy (non-hydrogen) atoms. The monoisotopic (exact) mass is 384 g/mol. The first-order valence-electron chi connectivity index (χ1n) is 10.8. The van der Waals surface area contributed by atoms with Gasteiger partial charge in [-0.15, -0.1) is 0 Å². The van der Waals surface area contributed by atoms with Crippen molar-refractivity contribution < 1.29 is 19.8 Å². The second kappa shape index (κ2) is 8.26. The molecule has 0 aromatic heterocycles. The first kappa shape index (κ1) is 20.9. The Morgan fingerprint density at radius 3 is 1.61 bits per heavy atom. The van der Waals surface area contributed by atoms with Crippen molar-refractivity contribution in [2.24, 2.45) is 23.7 Å². The van der Waals surface area contributed by atoms with Crippen LogP contribution in [-0.4, -0.2) is 11.9 Å². The van der Waals surface area contributed by atoms with Crippen LogP contribution in [0.25, 0.3) is 0 Å². The van der Waals surface area contributed by atoms with E-state index in [1.165, 1.54) is 12.5 Å². The van der Waals surface area contributed by atoms with Crippen LogP contribution in [-0.2, 0) is 0 Å². The van der Waals surface area contributed by atoms with Gasteiger partial charge in [0.1, 0.15) is 0 Å². The van der Waals surface area contributed by atoms with Crippen molar-refractivity contribution in [1.29, 1.82) is 0 Å². The minimum atomic E-state index is -1.44. The molecule has 1 aromatic carbocycles. The number of hydrogen-bond acceptors (Lipinski definition) is 4. The van der Waals surface area contributed by atoms with Gasteiger partial charge < -0.3 is 19.8 Å². The van der Waals surface area contributed by atoms with Crippen LogP contribution in [0.5, 0.6) is 0 Å². The summed E-state index contributed by atoms with van der Waals surface area (Å²) in [5.74, 6) is -0.341. The van der Waals surface area contributed by atoms with Crippen LogP contribution >= 0.6 is 0 Å². The van der Waals surface area contributed by atoms with Gasteiger partial charge in [-0.2, -0.15) is 0 Å². The number of carbonyl (C=O) groups excluding carboxylic acids is 2. The molecule has 0 amide bonds. The fourth-order valence-corrected chi connectivity index (χ4v) is 6.21. The van der Waals surface area contributed by atoms with Crippen LogP contribution in [0.1, 0.15) is 110 Å². The maximum atomic E-state index is 12.1. The molecule has 4 nitrogen and oxygen atoms in total. The average Bonchev–Trinajstić information content (AvgIpc) is 2.58. The van der Waals surface area contributed by atoms with Gasteiger partial charge in [-0.1, -0.05) is 39.8 Å². The predicted octanol–water partition coefficient (Wildman–Crippen LogP) is 3.49. The highest BCUT2D eigenvalue weighted by atomic mass is 16.4. The molecular weight excluding hydrogens is 352 g/mol. The molecule has 0 aliphatic heterocycles. The first-order chi connectivity index (χ1) is 13.2. The Balaban J connectivity index is 2.17. The molecule has 154 valence electrons. The topological polar surface area (TPSA) is 80.3 Å². The highest BCUT2D eigenvalue weighted by molar-refractivity contribution is 6.01. The zero-order valence-electron chi connectivity index (χ0n) is 17.5. The Hall–Kier alpha value is -1.84. The summed E-state index contributed by atoms with van der Waals surface area (Å²) >= 11 is 0. The van der Waals surface area contributed by atoms with Gasteiger partial charge in [0.05, 0.1) is 11.9 Å². The van der Waals surface area contributed by atoms with Gasteiger partial charge >= 0.3 is 0 Å². The van der Waals surface area contributed by atoms with Crippen molar-refractivity contribution in [3.63, 3.8) is 0 Å². The van der Waals surface area contributed by atoms with E-state index in [9.17, 15) is 19.8 Å². The third kappa shape index (κ3) is 4.26. The van der Waals surface area contributed by atoms with Crippen LogP contribution in [0.4, 0.5) is 0 Å². The number of aromatic carboxylic acids is 2.